The van der Waals surface area contributed by atoms with E-state index in [1.54, 1.807) is 0 Å². The zero-order chi connectivity index (χ0) is 20.1. The molecule has 0 radical (unpaired) electrons. The maximum absolute atomic E-state index is 12.3. The molecule has 4 rings (SSSR count). The molecule has 0 bridgehead atoms. The Morgan fingerprint density at radius 1 is 1.10 bits per heavy atom. The van der Waals surface area contributed by atoms with Gasteiger partial charge in [0.2, 0.25) is 17.6 Å². The third-order valence-corrected chi connectivity index (χ3v) is 5.39. The lowest BCUT2D eigenvalue weighted by atomic mass is 9.97. The van der Waals surface area contributed by atoms with Gasteiger partial charge in [-0.2, -0.15) is 4.98 Å². The van der Waals surface area contributed by atoms with Gasteiger partial charge < -0.3 is 9.84 Å². The van der Waals surface area contributed by atoms with Gasteiger partial charge in [0.05, 0.1) is 6.54 Å². The highest BCUT2D eigenvalue weighted by Crippen LogP contribution is 2.28. The Balaban J connectivity index is 1.24. The lowest BCUT2D eigenvalue weighted by Gasteiger charge is -2.29. The van der Waals surface area contributed by atoms with Crippen LogP contribution < -0.4 is 5.32 Å². The molecule has 1 fully saturated rings. The quantitative estimate of drug-likeness (QED) is 0.697. The average molecular weight is 390 g/mol. The largest absolute Gasteiger partial charge is 0.351 e. The number of nitrogens with one attached hydrogen (secondary N) is 1. The second-order valence-electron chi connectivity index (χ2n) is 7.63. The number of carbonyl (C=O) groups is 1. The van der Waals surface area contributed by atoms with Crippen molar-refractivity contribution in [2.45, 2.75) is 32.2 Å². The molecule has 0 aliphatic carbocycles. The summed E-state index contributed by atoms with van der Waals surface area (Å²) < 4.78 is 5.51. The van der Waals surface area contributed by atoms with Crippen molar-refractivity contribution in [2.75, 3.05) is 19.6 Å². The van der Waals surface area contributed by atoms with Gasteiger partial charge in [-0.3, -0.25) is 9.69 Å². The van der Waals surface area contributed by atoms with Crippen molar-refractivity contribution in [3.8, 4) is 11.4 Å². The number of hydrogen-bond donors (Lipinski definition) is 1. The molecule has 1 aliphatic heterocycles. The maximum Gasteiger partial charge on any atom is 0.234 e. The fraction of sp³-hybridized carbons (Fsp3) is 0.348. The van der Waals surface area contributed by atoms with Crippen LogP contribution in [0.4, 0.5) is 0 Å². The number of rotatable bonds is 6. The molecule has 29 heavy (non-hydrogen) atoms. The van der Waals surface area contributed by atoms with E-state index in [1.807, 2.05) is 30.3 Å². The average Bonchev–Trinajstić information content (AvgIpc) is 3.25. The van der Waals surface area contributed by atoms with E-state index in [1.165, 1.54) is 5.56 Å². The van der Waals surface area contributed by atoms with Crippen molar-refractivity contribution >= 4 is 5.91 Å². The van der Waals surface area contributed by atoms with Crippen LogP contribution in [0, 0.1) is 6.92 Å². The van der Waals surface area contributed by atoms with Crippen molar-refractivity contribution in [3.63, 3.8) is 0 Å². The molecule has 1 N–H and O–H groups in total. The Morgan fingerprint density at radius 3 is 2.55 bits per heavy atom. The minimum atomic E-state index is 0.0631. The Labute approximate surface area is 170 Å². The summed E-state index contributed by atoms with van der Waals surface area (Å²) in [4.78, 5) is 19.0. The standard InChI is InChI=1S/C23H26N4O2/c1-17-7-9-18(10-8-17)15-24-21(28)16-27-13-11-20(12-14-27)23-25-22(26-29-23)19-5-3-2-4-6-19/h2-10,20H,11-16H2,1H3,(H,24,28). The third-order valence-electron chi connectivity index (χ3n) is 5.39. The summed E-state index contributed by atoms with van der Waals surface area (Å²) in [5.74, 6) is 1.66. The summed E-state index contributed by atoms with van der Waals surface area (Å²) >= 11 is 0. The van der Waals surface area contributed by atoms with Crippen LogP contribution >= 0.6 is 0 Å². The summed E-state index contributed by atoms with van der Waals surface area (Å²) in [7, 11) is 0. The third kappa shape index (κ3) is 5.09. The number of amides is 1. The molecule has 2 heterocycles. The Hall–Kier alpha value is -2.99. The van der Waals surface area contributed by atoms with Crippen LogP contribution in [-0.2, 0) is 11.3 Å². The molecule has 3 aromatic rings. The molecule has 0 saturated carbocycles. The van der Waals surface area contributed by atoms with Crippen LogP contribution in [0.2, 0.25) is 0 Å². The van der Waals surface area contributed by atoms with E-state index in [9.17, 15) is 4.79 Å². The highest BCUT2D eigenvalue weighted by molar-refractivity contribution is 5.78. The number of carbonyl (C=O) groups excluding carboxylic acids is 1. The smallest absolute Gasteiger partial charge is 0.234 e. The molecule has 1 amide bonds. The molecule has 6 heteroatoms. The topological polar surface area (TPSA) is 71.3 Å². The molecule has 0 unspecified atom stereocenters. The summed E-state index contributed by atoms with van der Waals surface area (Å²) in [6, 6.07) is 18.1. The molecule has 2 aromatic carbocycles. The first-order valence-corrected chi connectivity index (χ1v) is 10.1. The van der Waals surface area contributed by atoms with Gasteiger partial charge in [-0.25, -0.2) is 0 Å². The second-order valence-corrected chi connectivity index (χ2v) is 7.63. The van der Waals surface area contributed by atoms with Crippen LogP contribution in [0.15, 0.2) is 59.1 Å². The summed E-state index contributed by atoms with van der Waals surface area (Å²) in [5.41, 5.74) is 3.30. The second kappa shape index (κ2) is 9.01. The molecular formula is C23H26N4O2. The summed E-state index contributed by atoms with van der Waals surface area (Å²) in [6.07, 6.45) is 1.84. The zero-order valence-electron chi connectivity index (χ0n) is 16.7. The maximum atomic E-state index is 12.3. The minimum Gasteiger partial charge on any atom is -0.351 e. The molecule has 1 aromatic heterocycles. The predicted octanol–water partition coefficient (Wildman–Crippen LogP) is 3.54. The van der Waals surface area contributed by atoms with E-state index in [4.69, 9.17) is 4.52 Å². The number of hydrogen-bond acceptors (Lipinski definition) is 5. The van der Waals surface area contributed by atoms with Crippen LogP contribution in [-0.4, -0.2) is 40.6 Å². The van der Waals surface area contributed by atoms with Gasteiger partial charge in [0.25, 0.3) is 0 Å². The van der Waals surface area contributed by atoms with E-state index in [-0.39, 0.29) is 11.8 Å². The van der Waals surface area contributed by atoms with Gasteiger partial charge >= 0.3 is 0 Å². The van der Waals surface area contributed by atoms with Crippen molar-refractivity contribution in [2.24, 2.45) is 0 Å². The van der Waals surface area contributed by atoms with Crippen LogP contribution in [0.25, 0.3) is 11.4 Å². The van der Waals surface area contributed by atoms with Gasteiger partial charge in [0.15, 0.2) is 0 Å². The molecule has 0 spiro atoms. The van der Waals surface area contributed by atoms with Crippen LogP contribution in [0.5, 0.6) is 0 Å². The Morgan fingerprint density at radius 2 is 1.83 bits per heavy atom. The monoisotopic (exact) mass is 390 g/mol. The number of nitrogens with zero attached hydrogens (tertiary/aromatic N) is 3. The first kappa shape index (κ1) is 19.3. The SMILES string of the molecule is Cc1ccc(CNC(=O)CN2CCC(c3nc(-c4ccccc4)no3)CC2)cc1. The van der Waals surface area contributed by atoms with Crippen LogP contribution in [0.1, 0.15) is 35.8 Å². The van der Waals surface area contributed by atoms with Crippen LogP contribution in [0.3, 0.4) is 0 Å². The number of piperidine rings is 1. The normalized spacial score (nSPS) is 15.3. The number of benzene rings is 2. The van der Waals surface area contributed by atoms with E-state index in [0.717, 1.165) is 37.1 Å². The summed E-state index contributed by atoms with van der Waals surface area (Å²) in [5, 5.41) is 7.13. The molecule has 6 nitrogen and oxygen atoms in total. The molecule has 150 valence electrons. The van der Waals surface area contributed by atoms with Crippen molar-refractivity contribution in [1.82, 2.24) is 20.4 Å². The Kier molecular flexibility index (Phi) is 6.00. The van der Waals surface area contributed by atoms with Crippen molar-refractivity contribution in [3.05, 3.63) is 71.6 Å². The van der Waals surface area contributed by atoms with Crippen molar-refractivity contribution < 1.29 is 9.32 Å². The highest BCUT2D eigenvalue weighted by atomic mass is 16.5. The fourth-order valence-corrected chi connectivity index (χ4v) is 3.61. The molecule has 1 aliphatic rings. The van der Waals surface area contributed by atoms with Gasteiger partial charge in [0, 0.05) is 18.0 Å². The van der Waals surface area contributed by atoms with Crippen molar-refractivity contribution in [1.29, 1.82) is 0 Å². The van der Waals surface area contributed by atoms with Gasteiger partial charge in [0.1, 0.15) is 0 Å². The van der Waals surface area contributed by atoms with E-state index < -0.39 is 0 Å². The molecular weight excluding hydrogens is 364 g/mol. The predicted molar refractivity (Wildman–Crippen MR) is 111 cm³/mol. The fourth-order valence-electron chi connectivity index (χ4n) is 3.61. The number of aryl methyl sites for hydroxylation is 1. The van der Waals surface area contributed by atoms with Gasteiger partial charge in [-0.05, 0) is 38.4 Å². The first-order valence-electron chi connectivity index (χ1n) is 10.1. The van der Waals surface area contributed by atoms with E-state index >= 15 is 0 Å². The molecule has 1 saturated heterocycles. The Bertz CT molecular complexity index is 929. The lowest BCUT2D eigenvalue weighted by Crippen LogP contribution is -2.41. The highest BCUT2D eigenvalue weighted by Gasteiger charge is 2.26. The zero-order valence-corrected chi connectivity index (χ0v) is 16.7. The minimum absolute atomic E-state index is 0.0631. The van der Waals surface area contributed by atoms with E-state index in [0.29, 0.717) is 24.8 Å². The number of aromatic nitrogens is 2. The van der Waals surface area contributed by atoms with Gasteiger partial charge in [-0.1, -0.05) is 65.3 Å². The molecule has 0 atom stereocenters. The van der Waals surface area contributed by atoms with E-state index in [2.05, 4.69) is 51.5 Å². The number of likely N-dealkylation sites (tertiary alicyclic amines) is 1. The lowest BCUT2D eigenvalue weighted by molar-refractivity contribution is -0.122. The van der Waals surface area contributed by atoms with Gasteiger partial charge in [-0.15, -0.1) is 0 Å². The first-order chi connectivity index (χ1) is 14.2. The summed E-state index contributed by atoms with van der Waals surface area (Å²) in [6.45, 7) is 4.76.